The van der Waals surface area contributed by atoms with Crippen LogP contribution in [-0.2, 0) is 11.4 Å². The summed E-state index contributed by atoms with van der Waals surface area (Å²) in [5.74, 6) is 0.263. The Kier molecular flexibility index (Phi) is 5.20. The Morgan fingerprint density at radius 2 is 2.05 bits per heavy atom. The van der Waals surface area contributed by atoms with Crippen LogP contribution in [0.5, 0.6) is 5.75 Å². The zero-order valence-electron chi connectivity index (χ0n) is 11.5. The number of nitrogens with one attached hydrogen (secondary N) is 1. The summed E-state index contributed by atoms with van der Waals surface area (Å²) >= 11 is 5.87. The molecule has 0 fully saturated rings. The Balaban J connectivity index is 1.99. The smallest absolute Gasteiger partial charge is 0.265 e. The first kappa shape index (κ1) is 15.4. The van der Waals surface area contributed by atoms with E-state index in [-0.39, 0.29) is 12.5 Å². The molecule has 4 nitrogen and oxygen atoms in total. The third kappa shape index (κ3) is 4.48. The largest absolute Gasteiger partial charge is 0.481 e. The lowest BCUT2D eigenvalue weighted by Gasteiger charge is -2.15. The van der Waals surface area contributed by atoms with Crippen molar-refractivity contribution in [3.63, 3.8) is 0 Å². The number of halogens is 1. The second kappa shape index (κ2) is 7.11. The van der Waals surface area contributed by atoms with Gasteiger partial charge in [-0.05, 0) is 42.8 Å². The Morgan fingerprint density at radius 3 is 2.76 bits per heavy atom. The van der Waals surface area contributed by atoms with E-state index >= 15 is 0 Å². The molecule has 21 heavy (non-hydrogen) atoms. The summed E-state index contributed by atoms with van der Waals surface area (Å²) in [6, 6.07) is 13.9. The Bertz CT molecular complexity index is 630. The molecule has 0 saturated heterocycles. The van der Waals surface area contributed by atoms with Crippen molar-refractivity contribution >= 4 is 23.2 Å². The summed E-state index contributed by atoms with van der Waals surface area (Å²) in [6.45, 7) is 1.59. The van der Waals surface area contributed by atoms with Crippen molar-refractivity contribution in [2.45, 2.75) is 19.6 Å². The number of ether oxygens (including phenoxy) is 1. The van der Waals surface area contributed by atoms with Crippen molar-refractivity contribution in [2.75, 3.05) is 5.32 Å². The number of benzene rings is 2. The van der Waals surface area contributed by atoms with Crippen molar-refractivity contribution in [1.82, 2.24) is 0 Å². The lowest BCUT2D eigenvalue weighted by Crippen LogP contribution is -2.30. The number of rotatable bonds is 5. The van der Waals surface area contributed by atoms with E-state index in [0.717, 1.165) is 5.56 Å². The maximum absolute atomic E-state index is 12.1. The number of anilines is 1. The molecule has 0 bridgehead atoms. The fourth-order valence-electron chi connectivity index (χ4n) is 1.79. The van der Waals surface area contributed by atoms with Gasteiger partial charge in [0.1, 0.15) is 5.75 Å². The number of hydrogen-bond acceptors (Lipinski definition) is 3. The van der Waals surface area contributed by atoms with Crippen LogP contribution in [0.25, 0.3) is 0 Å². The van der Waals surface area contributed by atoms with Crippen LogP contribution < -0.4 is 10.1 Å². The van der Waals surface area contributed by atoms with E-state index in [2.05, 4.69) is 5.32 Å². The van der Waals surface area contributed by atoms with E-state index in [0.29, 0.717) is 16.5 Å². The summed E-state index contributed by atoms with van der Waals surface area (Å²) in [5, 5.41) is 12.4. The van der Waals surface area contributed by atoms with Gasteiger partial charge in [-0.3, -0.25) is 4.79 Å². The van der Waals surface area contributed by atoms with Gasteiger partial charge in [0.05, 0.1) is 6.61 Å². The molecule has 1 amide bonds. The Hall–Kier alpha value is -2.04. The van der Waals surface area contributed by atoms with Crippen LogP contribution >= 0.6 is 11.6 Å². The SMILES string of the molecule is CC(Oc1cccc(Cl)c1)C(=O)Nc1cccc(CO)c1. The summed E-state index contributed by atoms with van der Waals surface area (Å²) in [5.41, 5.74) is 1.35. The number of aliphatic hydroxyl groups excluding tert-OH is 1. The van der Waals surface area contributed by atoms with E-state index in [1.165, 1.54) is 0 Å². The van der Waals surface area contributed by atoms with Gasteiger partial charge >= 0.3 is 0 Å². The first-order valence-electron chi connectivity index (χ1n) is 6.51. The third-order valence-corrected chi connectivity index (χ3v) is 3.09. The van der Waals surface area contributed by atoms with Crippen LogP contribution in [0.15, 0.2) is 48.5 Å². The summed E-state index contributed by atoms with van der Waals surface area (Å²) in [7, 11) is 0. The predicted molar refractivity (Wildman–Crippen MR) is 82.5 cm³/mol. The van der Waals surface area contributed by atoms with Crippen molar-refractivity contribution in [2.24, 2.45) is 0 Å². The molecule has 2 rings (SSSR count). The second-order valence-electron chi connectivity index (χ2n) is 4.57. The predicted octanol–water partition coefficient (Wildman–Crippen LogP) is 3.24. The third-order valence-electron chi connectivity index (χ3n) is 2.86. The van der Waals surface area contributed by atoms with Crippen molar-refractivity contribution in [3.8, 4) is 5.75 Å². The lowest BCUT2D eigenvalue weighted by atomic mass is 10.2. The van der Waals surface area contributed by atoms with E-state index in [1.807, 2.05) is 0 Å². The molecule has 1 unspecified atom stereocenters. The number of aliphatic hydroxyl groups is 1. The van der Waals surface area contributed by atoms with Gasteiger partial charge in [0.15, 0.2) is 6.10 Å². The average Bonchev–Trinajstić information content (AvgIpc) is 2.47. The molecule has 2 aromatic rings. The van der Waals surface area contributed by atoms with E-state index in [4.69, 9.17) is 21.4 Å². The maximum atomic E-state index is 12.1. The topological polar surface area (TPSA) is 58.6 Å². The molecule has 0 aromatic heterocycles. The minimum atomic E-state index is -0.666. The molecule has 0 aliphatic carbocycles. The molecular formula is C16H16ClNO3. The summed E-state index contributed by atoms with van der Waals surface area (Å²) in [6.07, 6.45) is -0.666. The van der Waals surface area contributed by atoms with Crippen LogP contribution in [0.4, 0.5) is 5.69 Å². The normalized spacial score (nSPS) is 11.8. The highest BCUT2D eigenvalue weighted by atomic mass is 35.5. The number of carbonyl (C=O) groups is 1. The van der Waals surface area contributed by atoms with Crippen molar-refractivity contribution < 1.29 is 14.6 Å². The van der Waals surface area contributed by atoms with Gasteiger partial charge in [-0.2, -0.15) is 0 Å². The van der Waals surface area contributed by atoms with Gasteiger partial charge in [-0.15, -0.1) is 0 Å². The molecule has 1 atom stereocenters. The minimum Gasteiger partial charge on any atom is -0.481 e. The van der Waals surface area contributed by atoms with Crippen LogP contribution in [0.3, 0.4) is 0 Å². The first-order valence-corrected chi connectivity index (χ1v) is 6.89. The van der Waals surface area contributed by atoms with Gasteiger partial charge in [0, 0.05) is 10.7 Å². The molecule has 2 aromatic carbocycles. The van der Waals surface area contributed by atoms with E-state index in [9.17, 15) is 4.79 Å². The molecule has 110 valence electrons. The number of carbonyl (C=O) groups excluding carboxylic acids is 1. The van der Waals surface area contributed by atoms with Gasteiger partial charge in [-0.1, -0.05) is 29.8 Å². The van der Waals surface area contributed by atoms with Crippen LogP contribution in [0.1, 0.15) is 12.5 Å². The zero-order chi connectivity index (χ0) is 15.2. The lowest BCUT2D eigenvalue weighted by molar-refractivity contribution is -0.122. The number of hydrogen-bond donors (Lipinski definition) is 2. The minimum absolute atomic E-state index is 0.0712. The summed E-state index contributed by atoms with van der Waals surface area (Å²) < 4.78 is 5.54. The fraction of sp³-hybridized carbons (Fsp3) is 0.188. The molecule has 0 saturated carbocycles. The molecule has 0 spiro atoms. The first-order chi connectivity index (χ1) is 10.1. The van der Waals surface area contributed by atoms with Crippen LogP contribution in [0.2, 0.25) is 5.02 Å². The van der Waals surface area contributed by atoms with Crippen LogP contribution in [-0.4, -0.2) is 17.1 Å². The highest BCUT2D eigenvalue weighted by Gasteiger charge is 2.15. The highest BCUT2D eigenvalue weighted by molar-refractivity contribution is 6.30. The van der Waals surface area contributed by atoms with E-state index in [1.54, 1.807) is 55.5 Å². The highest BCUT2D eigenvalue weighted by Crippen LogP contribution is 2.19. The fourth-order valence-corrected chi connectivity index (χ4v) is 1.97. The molecular weight excluding hydrogens is 290 g/mol. The standard InChI is InChI=1S/C16H16ClNO3/c1-11(21-15-7-3-5-13(17)9-15)16(20)18-14-6-2-4-12(8-14)10-19/h2-9,11,19H,10H2,1H3,(H,18,20). The Labute approximate surface area is 128 Å². The van der Waals surface area contributed by atoms with Gasteiger partial charge in [-0.25, -0.2) is 0 Å². The molecule has 5 heteroatoms. The quantitative estimate of drug-likeness (QED) is 0.891. The number of amides is 1. The van der Waals surface area contributed by atoms with Crippen molar-refractivity contribution in [3.05, 3.63) is 59.1 Å². The maximum Gasteiger partial charge on any atom is 0.265 e. The molecule has 0 aliphatic heterocycles. The monoisotopic (exact) mass is 305 g/mol. The molecule has 2 N–H and O–H groups in total. The molecule has 0 aliphatic rings. The van der Waals surface area contributed by atoms with Crippen molar-refractivity contribution in [1.29, 1.82) is 0 Å². The average molecular weight is 306 g/mol. The van der Waals surface area contributed by atoms with Crippen LogP contribution in [0, 0.1) is 0 Å². The van der Waals surface area contributed by atoms with Gasteiger partial charge in [0.25, 0.3) is 5.91 Å². The van der Waals surface area contributed by atoms with E-state index < -0.39 is 6.10 Å². The Morgan fingerprint density at radius 1 is 1.29 bits per heavy atom. The van der Waals surface area contributed by atoms with Gasteiger partial charge in [0.2, 0.25) is 0 Å². The molecule has 0 heterocycles. The summed E-state index contributed by atoms with van der Waals surface area (Å²) in [4.78, 5) is 12.1. The second-order valence-corrected chi connectivity index (χ2v) is 5.00. The zero-order valence-corrected chi connectivity index (χ0v) is 12.3. The molecule has 0 radical (unpaired) electrons. The van der Waals surface area contributed by atoms with Gasteiger partial charge < -0.3 is 15.2 Å².